The molecular weight excluding hydrogens is 232 g/mol. The van der Waals surface area contributed by atoms with E-state index >= 15 is 0 Å². The Morgan fingerprint density at radius 2 is 0.842 bits per heavy atom. The summed E-state index contributed by atoms with van der Waals surface area (Å²) >= 11 is 0. The molecule has 19 heavy (non-hydrogen) atoms. The highest BCUT2D eigenvalue weighted by Gasteiger charge is 2.24. The molecule has 0 aliphatic carbocycles. The number of quaternary nitrogens is 1. The van der Waals surface area contributed by atoms with E-state index in [4.69, 9.17) is 5.26 Å². The van der Waals surface area contributed by atoms with Crippen LogP contribution in [0.2, 0.25) is 0 Å². The molecule has 0 spiro atoms. The molecule has 114 valence electrons. The number of hydrogen-bond acceptors (Lipinski definition) is 1. The number of hydrogen-bond donors (Lipinski definition) is 0. The van der Waals surface area contributed by atoms with Gasteiger partial charge in [0.05, 0.1) is 26.2 Å². The quantitative estimate of drug-likeness (QED) is 0.444. The summed E-state index contributed by atoms with van der Waals surface area (Å²) in [5, 5.41) is 6.50. The van der Waals surface area contributed by atoms with Crippen LogP contribution in [-0.4, -0.2) is 30.7 Å². The van der Waals surface area contributed by atoms with Gasteiger partial charge in [-0.2, -0.15) is 0 Å². The van der Waals surface area contributed by atoms with E-state index in [-0.39, 0.29) is 1.43 Å². The van der Waals surface area contributed by atoms with Crippen LogP contribution in [-0.2, 0) is 0 Å². The summed E-state index contributed by atoms with van der Waals surface area (Å²) < 4.78 is 1.42. The van der Waals surface area contributed by atoms with E-state index in [1.165, 1.54) is 82.0 Å². The van der Waals surface area contributed by atoms with Crippen molar-refractivity contribution in [2.75, 3.05) is 26.2 Å². The third-order valence-electron chi connectivity index (χ3n) is 3.94. The van der Waals surface area contributed by atoms with Gasteiger partial charge in [-0.3, -0.25) is 0 Å². The molecule has 0 amide bonds. The maximum atomic E-state index is 6.50. The molecule has 0 aliphatic heterocycles. The van der Waals surface area contributed by atoms with Gasteiger partial charge in [0.25, 0.3) is 0 Å². The first-order valence-electron chi connectivity index (χ1n) is 8.35. The second kappa shape index (κ2) is 15.5. The Labute approximate surface area is 123 Å². The second-order valence-corrected chi connectivity index (χ2v) is 5.65. The highest BCUT2D eigenvalue weighted by molar-refractivity contribution is 4.49. The summed E-state index contributed by atoms with van der Waals surface area (Å²) in [7, 11) is 0. The molecule has 0 saturated carbocycles. The van der Waals surface area contributed by atoms with Crippen LogP contribution in [0.5, 0.6) is 0 Å². The van der Waals surface area contributed by atoms with E-state index in [1.807, 2.05) is 0 Å². The SMILES string of the molecule is C#N.CCCC[N+](CCCC)(CCCC)CCCC.[H+]. The van der Waals surface area contributed by atoms with E-state index in [1.54, 1.807) is 0 Å². The lowest BCUT2D eigenvalue weighted by atomic mass is 10.1. The van der Waals surface area contributed by atoms with Crippen molar-refractivity contribution < 1.29 is 5.91 Å². The molecule has 0 fully saturated rings. The molecule has 0 unspecified atom stereocenters. The van der Waals surface area contributed by atoms with Gasteiger partial charge in [0.2, 0.25) is 0 Å². The maximum absolute atomic E-state index is 6.50. The van der Waals surface area contributed by atoms with Crippen molar-refractivity contribution >= 4 is 0 Å². The van der Waals surface area contributed by atoms with Crippen molar-refractivity contribution in [1.29, 1.82) is 5.26 Å². The lowest BCUT2D eigenvalue weighted by Crippen LogP contribution is -2.50. The summed E-state index contributed by atoms with van der Waals surface area (Å²) in [6.45, 7) is 18.5. The van der Waals surface area contributed by atoms with Gasteiger partial charge in [0.15, 0.2) is 0 Å². The Morgan fingerprint density at radius 3 is 1.00 bits per heavy atom. The van der Waals surface area contributed by atoms with Crippen molar-refractivity contribution in [3.63, 3.8) is 0 Å². The molecule has 0 rings (SSSR count). The van der Waals surface area contributed by atoms with Gasteiger partial charge in [-0.1, -0.05) is 53.4 Å². The summed E-state index contributed by atoms with van der Waals surface area (Å²) in [6, 6.07) is 0. The fourth-order valence-electron chi connectivity index (χ4n) is 2.64. The molecule has 0 aromatic heterocycles. The van der Waals surface area contributed by atoms with Crippen molar-refractivity contribution in [1.82, 2.24) is 0 Å². The predicted molar refractivity (Wildman–Crippen MR) is 87.1 cm³/mol. The van der Waals surface area contributed by atoms with Crippen LogP contribution < -0.4 is 0 Å². The van der Waals surface area contributed by atoms with Crippen LogP contribution in [0.1, 0.15) is 80.5 Å². The molecule has 2 nitrogen and oxygen atoms in total. The van der Waals surface area contributed by atoms with Crippen molar-refractivity contribution in [2.45, 2.75) is 79.1 Å². The van der Waals surface area contributed by atoms with Crippen LogP contribution in [0.4, 0.5) is 0 Å². The Hall–Kier alpha value is -0.550. The smallest absolute Gasteiger partial charge is 0.324 e. The highest BCUT2D eigenvalue weighted by atomic mass is 15.3. The zero-order chi connectivity index (χ0) is 15.0. The summed E-state index contributed by atoms with van der Waals surface area (Å²) in [6.07, 6.45) is 11.1. The van der Waals surface area contributed by atoms with Gasteiger partial charge < -0.3 is 4.48 Å². The van der Waals surface area contributed by atoms with Gasteiger partial charge in [0.1, 0.15) is 0 Å². The molecule has 0 radical (unpaired) electrons. The number of nitrogens with zero attached hydrogens (tertiary/aromatic N) is 2. The zero-order valence-electron chi connectivity index (χ0n) is 15.0. The average molecular weight is 271 g/mol. The Balaban J connectivity index is -0.000000916. The summed E-state index contributed by atoms with van der Waals surface area (Å²) in [5.74, 6) is 0. The normalized spacial score (nSPS) is 10.8. The summed E-state index contributed by atoms with van der Waals surface area (Å²) in [5.41, 5.74) is 0. The number of unbranched alkanes of at least 4 members (excludes halogenated alkanes) is 4. The third-order valence-corrected chi connectivity index (χ3v) is 3.94. The molecule has 0 bridgehead atoms. The molecule has 0 N–H and O–H groups in total. The van der Waals surface area contributed by atoms with Crippen LogP contribution in [0, 0.1) is 11.8 Å². The lowest BCUT2D eigenvalue weighted by Gasteiger charge is -2.39. The van der Waals surface area contributed by atoms with Gasteiger partial charge in [-0.05, 0) is 25.7 Å². The molecule has 0 heterocycles. The molecule has 0 atom stereocenters. The van der Waals surface area contributed by atoms with Crippen LogP contribution in [0.3, 0.4) is 0 Å². The lowest BCUT2D eigenvalue weighted by molar-refractivity contribution is -0.929. The Bertz CT molecular complexity index is 155. The second-order valence-electron chi connectivity index (χ2n) is 5.65. The van der Waals surface area contributed by atoms with Crippen LogP contribution in [0.25, 0.3) is 0 Å². The monoisotopic (exact) mass is 270 g/mol. The van der Waals surface area contributed by atoms with Gasteiger partial charge in [0, 0.05) is 6.57 Å². The molecule has 0 aromatic rings. The van der Waals surface area contributed by atoms with E-state index in [0.717, 1.165) is 0 Å². The average Bonchev–Trinajstić information content (AvgIpc) is 2.48. The van der Waals surface area contributed by atoms with Crippen molar-refractivity contribution in [3.05, 3.63) is 0 Å². The highest BCUT2D eigenvalue weighted by Crippen LogP contribution is 2.16. The minimum absolute atomic E-state index is 0. The molecule has 0 aromatic carbocycles. The first-order chi connectivity index (χ1) is 9.24. The first-order valence-corrected chi connectivity index (χ1v) is 8.35. The van der Waals surface area contributed by atoms with E-state index in [9.17, 15) is 0 Å². The van der Waals surface area contributed by atoms with Gasteiger partial charge in [-0.15, -0.1) is 0 Å². The minimum Gasteiger partial charge on any atom is -0.324 e. The minimum atomic E-state index is 0. The van der Waals surface area contributed by atoms with Crippen molar-refractivity contribution in [2.24, 2.45) is 0 Å². The molecule has 2 heteroatoms. The van der Waals surface area contributed by atoms with E-state index < -0.39 is 0 Å². The molecular formula is C17H38N2+2. The van der Waals surface area contributed by atoms with E-state index in [2.05, 4.69) is 34.3 Å². The maximum Gasteiger partial charge on any atom is 1.00 e. The Kier molecular flexibility index (Phi) is 16.9. The molecule has 0 saturated heterocycles. The summed E-state index contributed by atoms with van der Waals surface area (Å²) in [4.78, 5) is 0. The number of rotatable bonds is 12. The third kappa shape index (κ3) is 11.0. The van der Waals surface area contributed by atoms with Crippen LogP contribution in [0.15, 0.2) is 0 Å². The molecule has 0 aliphatic rings. The van der Waals surface area contributed by atoms with Gasteiger partial charge >= 0.3 is 1.43 Å². The predicted octanol–water partition coefficient (Wildman–Crippen LogP) is 5.26. The largest absolute Gasteiger partial charge is 1.00 e. The van der Waals surface area contributed by atoms with E-state index in [0.29, 0.717) is 0 Å². The fourth-order valence-corrected chi connectivity index (χ4v) is 2.64. The number of nitriles is 1. The first kappa shape index (κ1) is 20.8. The van der Waals surface area contributed by atoms with Gasteiger partial charge in [-0.25, -0.2) is 5.26 Å². The Morgan fingerprint density at radius 1 is 0.632 bits per heavy atom. The standard InChI is InChI=1S/C16H36N.CHN/c1-5-9-13-17(14-10-6-2,15-11-7-3)16-12-8-4;1-2/h5-16H2,1-4H3;1H/q+1;/p+1. The van der Waals surface area contributed by atoms with Crippen molar-refractivity contribution in [3.8, 4) is 6.57 Å². The topological polar surface area (TPSA) is 23.8 Å². The van der Waals surface area contributed by atoms with Crippen LogP contribution >= 0.6 is 0 Å². The fraction of sp³-hybridized carbons (Fsp3) is 0.941. The zero-order valence-corrected chi connectivity index (χ0v) is 14.0.